The summed E-state index contributed by atoms with van der Waals surface area (Å²) in [6.45, 7) is -0.242. The summed E-state index contributed by atoms with van der Waals surface area (Å²) in [7, 11) is -3.14. The third kappa shape index (κ3) is 4.15. The molecule has 2 N–H and O–H groups in total. The van der Waals surface area contributed by atoms with Gasteiger partial charge in [-0.05, 0) is 24.6 Å². The highest BCUT2D eigenvalue weighted by molar-refractivity contribution is 7.91. The Morgan fingerprint density at radius 2 is 2.24 bits per heavy atom. The summed E-state index contributed by atoms with van der Waals surface area (Å²) in [5.41, 5.74) is 0.281. The van der Waals surface area contributed by atoms with E-state index in [1.807, 2.05) is 0 Å². The summed E-state index contributed by atoms with van der Waals surface area (Å²) < 4.78 is 36.1. The molecule has 1 fully saturated rings. The van der Waals surface area contributed by atoms with Crippen molar-refractivity contribution in [3.05, 3.63) is 30.1 Å². The second kappa shape index (κ2) is 6.40. The van der Waals surface area contributed by atoms with Gasteiger partial charge in [-0.25, -0.2) is 17.6 Å². The molecule has 1 aromatic carbocycles. The van der Waals surface area contributed by atoms with Gasteiger partial charge in [-0.15, -0.1) is 0 Å². The van der Waals surface area contributed by atoms with Crippen LogP contribution in [0, 0.1) is 5.82 Å². The highest BCUT2D eigenvalue weighted by Gasteiger charge is 2.34. The molecule has 0 spiro atoms. The number of anilines is 1. The lowest BCUT2D eigenvalue weighted by molar-refractivity contribution is 0.169. The van der Waals surface area contributed by atoms with Crippen molar-refractivity contribution in [1.29, 1.82) is 0 Å². The molecular weight excluding hydrogens is 299 g/mol. The van der Waals surface area contributed by atoms with Crippen LogP contribution in [0.4, 0.5) is 14.9 Å². The quantitative estimate of drug-likeness (QED) is 0.862. The summed E-state index contributed by atoms with van der Waals surface area (Å²) in [6, 6.07) is 4.41. The number of halogens is 1. The fraction of sp³-hybridized carbons (Fsp3) is 0.462. The van der Waals surface area contributed by atoms with Crippen LogP contribution in [0.5, 0.6) is 0 Å². The average Bonchev–Trinajstić information content (AvgIpc) is 2.76. The molecular formula is C13H17FN2O4S. The van der Waals surface area contributed by atoms with Crippen LogP contribution >= 0.6 is 0 Å². The molecule has 1 atom stereocenters. The smallest absolute Gasteiger partial charge is 0.322 e. The van der Waals surface area contributed by atoms with Gasteiger partial charge in [0.1, 0.15) is 5.82 Å². The molecule has 8 heteroatoms. The van der Waals surface area contributed by atoms with E-state index in [1.165, 1.54) is 29.2 Å². The third-order valence-electron chi connectivity index (χ3n) is 3.33. The first-order valence-electron chi connectivity index (χ1n) is 6.56. The van der Waals surface area contributed by atoms with Crippen LogP contribution < -0.4 is 5.32 Å². The Morgan fingerprint density at radius 1 is 1.48 bits per heavy atom. The van der Waals surface area contributed by atoms with E-state index in [-0.39, 0.29) is 30.3 Å². The monoisotopic (exact) mass is 316 g/mol. The summed E-state index contributed by atoms with van der Waals surface area (Å²) >= 11 is 0. The summed E-state index contributed by atoms with van der Waals surface area (Å²) in [4.78, 5) is 13.5. The second-order valence-corrected chi connectivity index (χ2v) is 7.14. The molecule has 0 aromatic heterocycles. The number of nitrogens with one attached hydrogen (secondary N) is 1. The minimum Gasteiger partial charge on any atom is -0.395 e. The van der Waals surface area contributed by atoms with Gasteiger partial charge < -0.3 is 15.3 Å². The first-order valence-corrected chi connectivity index (χ1v) is 8.38. The van der Waals surface area contributed by atoms with Gasteiger partial charge in [-0.2, -0.15) is 0 Å². The van der Waals surface area contributed by atoms with E-state index in [0.29, 0.717) is 6.42 Å². The lowest BCUT2D eigenvalue weighted by atomic mass is 10.2. The fourth-order valence-corrected chi connectivity index (χ4v) is 4.07. The van der Waals surface area contributed by atoms with Crippen molar-refractivity contribution in [3.8, 4) is 0 Å². The van der Waals surface area contributed by atoms with Gasteiger partial charge >= 0.3 is 6.03 Å². The number of urea groups is 1. The second-order valence-electron chi connectivity index (χ2n) is 4.91. The van der Waals surface area contributed by atoms with Crippen LogP contribution in [-0.4, -0.2) is 55.2 Å². The predicted molar refractivity (Wildman–Crippen MR) is 76.3 cm³/mol. The Kier molecular flexibility index (Phi) is 4.79. The SMILES string of the molecule is O=C(Nc1cccc(F)c1)N(CCO)C1CCS(=O)(=O)C1. The van der Waals surface area contributed by atoms with Crippen LogP contribution in [0.2, 0.25) is 0 Å². The zero-order chi connectivity index (χ0) is 15.5. The van der Waals surface area contributed by atoms with Crippen LogP contribution in [0.15, 0.2) is 24.3 Å². The van der Waals surface area contributed by atoms with Crippen molar-refractivity contribution in [3.63, 3.8) is 0 Å². The molecule has 0 saturated carbocycles. The van der Waals surface area contributed by atoms with Gasteiger partial charge in [-0.1, -0.05) is 6.07 Å². The van der Waals surface area contributed by atoms with Gasteiger partial charge in [-0.3, -0.25) is 0 Å². The van der Waals surface area contributed by atoms with Gasteiger partial charge in [0.25, 0.3) is 0 Å². The van der Waals surface area contributed by atoms with Gasteiger partial charge in [0, 0.05) is 18.3 Å². The van der Waals surface area contributed by atoms with E-state index in [4.69, 9.17) is 5.11 Å². The average molecular weight is 316 g/mol. The lowest BCUT2D eigenvalue weighted by Crippen LogP contribution is -2.45. The molecule has 116 valence electrons. The van der Waals surface area contributed by atoms with Crippen molar-refractivity contribution in [1.82, 2.24) is 4.90 Å². The number of sulfone groups is 1. The molecule has 2 rings (SSSR count). The van der Waals surface area contributed by atoms with Gasteiger partial charge in [0.15, 0.2) is 9.84 Å². The van der Waals surface area contributed by atoms with Crippen molar-refractivity contribution in [2.45, 2.75) is 12.5 Å². The van der Waals surface area contributed by atoms with Crippen LogP contribution in [-0.2, 0) is 9.84 Å². The Hall–Kier alpha value is -1.67. The van der Waals surface area contributed by atoms with E-state index < -0.39 is 27.7 Å². The minimum absolute atomic E-state index is 0.0291. The van der Waals surface area contributed by atoms with Crippen molar-refractivity contribution in [2.24, 2.45) is 0 Å². The Balaban J connectivity index is 2.09. The number of benzene rings is 1. The number of hydrogen-bond donors (Lipinski definition) is 2. The van der Waals surface area contributed by atoms with E-state index in [0.717, 1.165) is 0 Å². The molecule has 1 aliphatic rings. The molecule has 6 nitrogen and oxygen atoms in total. The number of aliphatic hydroxyl groups excluding tert-OH is 1. The molecule has 0 bridgehead atoms. The first-order chi connectivity index (χ1) is 9.91. The predicted octanol–water partition coefficient (Wildman–Crippen LogP) is 0.839. The van der Waals surface area contributed by atoms with E-state index in [2.05, 4.69) is 5.32 Å². The van der Waals surface area contributed by atoms with Crippen LogP contribution in [0.1, 0.15) is 6.42 Å². The highest BCUT2D eigenvalue weighted by atomic mass is 32.2. The molecule has 1 heterocycles. The maximum absolute atomic E-state index is 13.1. The molecule has 0 radical (unpaired) electrons. The Labute approximate surface area is 122 Å². The number of rotatable bonds is 4. The topological polar surface area (TPSA) is 86.7 Å². The number of nitrogens with zero attached hydrogens (tertiary/aromatic N) is 1. The van der Waals surface area contributed by atoms with Crippen LogP contribution in [0.3, 0.4) is 0 Å². The Morgan fingerprint density at radius 3 is 2.81 bits per heavy atom. The summed E-state index contributed by atoms with van der Waals surface area (Å²) in [5.74, 6) is -0.555. The standard InChI is InChI=1S/C13H17FN2O4S/c14-10-2-1-3-11(8-10)15-13(18)16(5-6-17)12-4-7-21(19,20)9-12/h1-3,8,12,17H,4-7,9H2,(H,15,18). The largest absolute Gasteiger partial charge is 0.395 e. The normalized spacial score (nSPS) is 20.2. The molecule has 1 saturated heterocycles. The number of aliphatic hydroxyl groups is 1. The molecule has 1 aromatic rings. The number of hydrogen-bond acceptors (Lipinski definition) is 4. The zero-order valence-corrected chi connectivity index (χ0v) is 12.1. The van der Waals surface area contributed by atoms with Gasteiger partial charge in [0.05, 0.1) is 18.1 Å². The lowest BCUT2D eigenvalue weighted by Gasteiger charge is -2.27. The van der Waals surface area contributed by atoms with Crippen molar-refractivity contribution < 1.29 is 22.7 Å². The van der Waals surface area contributed by atoms with E-state index in [9.17, 15) is 17.6 Å². The van der Waals surface area contributed by atoms with E-state index >= 15 is 0 Å². The maximum Gasteiger partial charge on any atom is 0.322 e. The molecule has 1 aliphatic heterocycles. The number of amides is 2. The molecule has 0 aliphatic carbocycles. The third-order valence-corrected chi connectivity index (χ3v) is 5.08. The fourth-order valence-electron chi connectivity index (χ4n) is 2.34. The van der Waals surface area contributed by atoms with Gasteiger partial charge in [0.2, 0.25) is 0 Å². The number of carbonyl (C=O) groups excluding carboxylic acids is 1. The minimum atomic E-state index is -3.14. The highest BCUT2D eigenvalue weighted by Crippen LogP contribution is 2.19. The molecule has 21 heavy (non-hydrogen) atoms. The first kappa shape index (κ1) is 15.7. The number of carbonyl (C=O) groups is 1. The molecule has 1 unspecified atom stereocenters. The summed E-state index contributed by atoms with van der Waals surface area (Å²) in [5, 5.41) is 11.6. The van der Waals surface area contributed by atoms with Crippen LogP contribution in [0.25, 0.3) is 0 Å². The molecule has 2 amide bonds. The van der Waals surface area contributed by atoms with E-state index in [1.54, 1.807) is 0 Å². The zero-order valence-electron chi connectivity index (χ0n) is 11.3. The Bertz CT molecular complexity index is 620. The summed E-state index contributed by atoms with van der Waals surface area (Å²) in [6.07, 6.45) is 0.346. The van der Waals surface area contributed by atoms with Crippen molar-refractivity contribution >= 4 is 21.6 Å². The maximum atomic E-state index is 13.1. The van der Waals surface area contributed by atoms with Crippen molar-refractivity contribution in [2.75, 3.05) is 30.0 Å².